The molecule has 2 heterocycles. The molecule has 3 aliphatic rings. The van der Waals surface area contributed by atoms with Crippen LogP contribution in [0, 0.1) is 5.92 Å². The number of piperidine rings is 1. The molecule has 0 bridgehead atoms. The van der Waals surface area contributed by atoms with Gasteiger partial charge >= 0.3 is 0 Å². The van der Waals surface area contributed by atoms with Crippen LogP contribution in [0.4, 0.5) is 0 Å². The van der Waals surface area contributed by atoms with Crippen molar-refractivity contribution < 1.29 is 17.7 Å². The lowest BCUT2D eigenvalue weighted by molar-refractivity contribution is 0.0914. The van der Waals surface area contributed by atoms with E-state index in [0.29, 0.717) is 43.6 Å². The van der Waals surface area contributed by atoms with E-state index in [-0.39, 0.29) is 23.6 Å². The summed E-state index contributed by atoms with van der Waals surface area (Å²) in [7, 11) is -3.24. The first-order valence-electron chi connectivity index (χ1n) is 11.4. The van der Waals surface area contributed by atoms with Gasteiger partial charge in [-0.15, -0.1) is 0 Å². The highest BCUT2D eigenvalue weighted by atomic mass is 32.2. The van der Waals surface area contributed by atoms with Gasteiger partial charge < -0.3 is 15.2 Å². The number of nitrogens with zero attached hydrogens (tertiary/aromatic N) is 2. The molecule has 30 heavy (non-hydrogen) atoms. The molecule has 0 atom stereocenters. The van der Waals surface area contributed by atoms with Crippen LogP contribution in [-0.2, 0) is 10.0 Å². The molecule has 2 N–H and O–H groups in total. The van der Waals surface area contributed by atoms with Crippen LogP contribution >= 0.6 is 0 Å². The largest absolute Gasteiger partial charge is 0.360 e. The van der Waals surface area contributed by atoms with Crippen molar-refractivity contribution in [3.63, 3.8) is 0 Å². The molecule has 1 saturated heterocycles. The maximum absolute atomic E-state index is 12.9. The summed E-state index contributed by atoms with van der Waals surface area (Å²) in [5.41, 5.74) is 0.320. The minimum absolute atomic E-state index is 0.0272. The van der Waals surface area contributed by atoms with Gasteiger partial charge in [-0.1, -0.05) is 12.1 Å². The van der Waals surface area contributed by atoms with Crippen molar-refractivity contribution in [3.8, 4) is 0 Å². The molecule has 168 valence electrons. The van der Waals surface area contributed by atoms with Gasteiger partial charge in [-0.2, -0.15) is 0 Å². The summed E-state index contributed by atoms with van der Waals surface area (Å²) in [6.07, 6.45) is 7.53. The lowest BCUT2D eigenvalue weighted by atomic mass is 9.87. The molecule has 0 unspecified atom stereocenters. The summed E-state index contributed by atoms with van der Waals surface area (Å²) >= 11 is 0. The Hall–Kier alpha value is -1.45. The Morgan fingerprint density at radius 2 is 1.80 bits per heavy atom. The molecular weight excluding hydrogens is 404 g/mol. The van der Waals surface area contributed by atoms with E-state index in [1.165, 1.54) is 0 Å². The first-order valence-corrected chi connectivity index (χ1v) is 13.0. The lowest BCUT2D eigenvalue weighted by Gasteiger charge is -2.34. The molecule has 1 aromatic rings. The number of carbonyl (C=O) groups excluding carboxylic acids is 1. The fourth-order valence-electron chi connectivity index (χ4n) is 4.72. The molecule has 9 heteroatoms. The van der Waals surface area contributed by atoms with Crippen LogP contribution in [0.3, 0.4) is 0 Å². The van der Waals surface area contributed by atoms with E-state index < -0.39 is 10.0 Å². The number of nitrogens with one attached hydrogen (secondary N) is 2. The summed E-state index contributed by atoms with van der Waals surface area (Å²) in [5.74, 6) is 1.50. The first kappa shape index (κ1) is 21.8. The quantitative estimate of drug-likeness (QED) is 0.645. The van der Waals surface area contributed by atoms with Gasteiger partial charge in [0.1, 0.15) is 5.76 Å². The van der Waals surface area contributed by atoms with Gasteiger partial charge in [0.25, 0.3) is 5.91 Å². The van der Waals surface area contributed by atoms with E-state index in [0.717, 1.165) is 50.8 Å². The molecule has 8 nitrogen and oxygen atoms in total. The highest BCUT2D eigenvalue weighted by molar-refractivity contribution is 7.89. The van der Waals surface area contributed by atoms with Crippen LogP contribution in [0.5, 0.6) is 0 Å². The maximum Gasteiger partial charge on any atom is 0.273 e. The number of sulfonamides is 1. The summed E-state index contributed by atoms with van der Waals surface area (Å²) < 4.78 is 32.6. The zero-order valence-electron chi connectivity index (χ0n) is 17.8. The van der Waals surface area contributed by atoms with Crippen molar-refractivity contribution >= 4 is 15.9 Å². The van der Waals surface area contributed by atoms with Crippen LogP contribution in [0.25, 0.3) is 0 Å². The predicted molar refractivity (Wildman–Crippen MR) is 114 cm³/mol. The van der Waals surface area contributed by atoms with Crippen LogP contribution < -0.4 is 10.6 Å². The highest BCUT2D eigenvalue weighted by Crippen LogP contribution is 2.40. The fraction of sp³-hybridized carbons (Fsp3) is 0.810. The van der Waals surface area contributed by atoms with Gasteiger partial charge in [0.2, 0.25) is 10.0 Å². The minimum Gasteiger partial charge on any atom is -0.360 e. The van der Waals surface area contributed by atoms with E-state index >= 15 is 0 Å². The summed E-state index contributed by atoms with van der Waals surface area (Å²) in [4.78, 5) is 12.4. The second kappa shape index (κ2) is 9.36. The van der Waals surface area contributed by atoms with Crippen molar-refractivity contribution in [2.45, 2.75) is 76.3 Å². The average Bonchev–Trinajstić information content (AvgIpc) is 3.46. The lowest BCUT2D eigenvalue weighted by Crippen LogP contribution is -2.47. The standard InChI is InChI=1S/C21H34N4O4S/c1-2-22-17-7-3-15(4-8-17)14-30(27,28)25-11-9-18(10-12-25)23-21(26)19-13-20(29-24-19)16-5-6-16/h13,15-18,22H,2-12,14H2,1H3,(H,23,26). The van der Waals surface area contributed by atoms with E-state index in [1.54, 1.807) is 10.4 Å². The maximum atomic E-state index is 12.9. The Morgan fingerprint density at radius 3 is 2.43 bits per heavy atom. The Balaban J connectivity index is 1.21. The van der Waals surface area contributed by atoms with Gasteiger partial charge in [0.15, 0.2) is 5.69 Å². The zero-order valence-corrected chi connectivity index (χ0v) is 18.6. The predicted octanol–water partition coefficient (Wildman–Crippen LogP) is 2.24. The fourth-order valence-corrected chi connectivity index (χ4v) is 6.63. The monoisotopic (exact) mass is 438 g/mol. The summed E-state index contributed by atoms with van der Waals surface area (Å²) in [5, 5.41) is 10.3. The molecule has 0 spiro atoms. The topological polar surface area (TPSA) is 105 Å². The van der Waals surface area contributed by atoms with Gasteiger partial charge in [0.05, 0.1) is 5.75 Å². The van der Waals surface area contributed by atoms with E-state index in [4.69, 9.17) is 4.52 Å². The number of hydrogen-bond donors (Lipinski definition) is 2. The first-order chi connectivity index (χ1) is 14.4. The Morgan fingerprint density at radius 1 is 1.10 bits per heavy atom. The van der Waals surface area contributed by atoms with Crippen LogP contribution in [0.1, 0.15) is 80.5 Å². The average molecular weight is 439 g/mol. The molecule has 2 aliphatic carbocycles. The van der Waals surface area contributed by atoms with Crippen molar-refractivity contribution in [3.05, 3.63) is 17.5 Å². The summed E-state index contributed by atoms with van der Waals surface area (Å²) in [6.45, 7) is 4.01. The SMILES string of the molecule is CCNC1CCC(CS(=O)(=O)N2CCC(NC(=O)c3cc(C4CC4)on3)CC2)CC1. The Labute approximate surface area is 179 Å². The van der Waals surface area contributed by atoms with Crippen molar-refractivity contribution in [2.24, 2.45) is 5.92 Å². The van der Waals surface area contributed by atoms with Crippen LogP contribution in [0.15, 0.2) is 10.6 Å². The molecule has 0 aromatic carbocycles. The third kappa shape index (κ3) is 5.42. The van der Waals surface area contributed by atoms with Crippen molar-refractivity contribution in [2.75, 3.05) is 25.4 Å². The third-order valence-corrected chi connectivity index (χ3v) is 8.75. The van der Waals surface area contributed by atoms with Crippen molar-refractivity contribution in [1.29, 1.82) is 0 Å². The highest BCUT2D eigenvalue weighted by Gasteiger charge is 2.33. The second-order valence-electron chi connectivity index (χ2n) is 9.09. The normalized spacial score (nSPS) is 26.6. The summed E-state index contributed by atoms with van der Waals surface area (Å²) in [6, 6.07) is 2.25. The smallest absolute Gasteiger partial charge is 0.273 e. The van der Waals surface area contributed by atoms with Gasteiger partial charge in [-0.3, -0.25) is 4.79 Å². The molecule has 1 aromatic heterocycles. The molecule has 0 radical (unpaired) electrons. The number of rotatable bonds is 8. The number of amides is 1. The Kier molecular flexibility index (Phi) is 6.79. The zero-order chi connectivity index (χ0) is 21.1. The third-order valence-electron chi connectivity index (χ3n) is 6.71. The molecule has 1 aliphatic heterocycles. The van der Waals surface area contributed by atoms with Gasteiger partial charge in [0, 0.05) is 37.2 Å². The Bertz CT molecular complexity index is 820. The second-order valence-corrected chi connectivity index (χ2v) is 11.1. The van der Waals surface area contributed by atoms with E-state index in [9.17, 15) is 13.2 Å². The molecule has 4 rings (SSSR count). The molecule has 1 amide bonds. The van der Waals surface area contributed by atoms with Crippen LogP contribution in [-0.4, -0.2) is 61.3 Å². The van der Waals surface area contributed by atoms with Gasteiger partial charge in [-0.25, -0.2) is 12.7 Å². The molecular formula is C21H34N4O4S. The molecule has 3 fully saturated rings. The van der Waals surface area contributed by atoms with Crippen molar-refractivity contribution in [1.82, 2.24) is 20.1 Å². The number of aromatic nitrogens is 1. The van der Waals surface area contributed by atoms with E-state index in [2.05, 4.69) is 22.7 Å². The van der Waals surface area contributed by atoms with Crippen LogP contribution in [0.2, 0.25) is 0 Å². The molecule has 2 saturated carbocycles. The minimum atomic E-state index is -3.24. The van der Waals surface area contributed by atoms with E-state index in [1.807, 2.05) is 0 Å². The number of carbonyl (C=O) groups is 1. The van der Waals surface area contributed by atoms with Gasteiger partial charge in [-0.05, 0) is 63.8 Å². The number of hydrogen-bond acceptors (Lipinski definition) is 6.